The first-order valence-corrected chi connectivity index (χ1v) is 7.51. The van der Waals surface area contributed by atoms with Gasteiger partial charge < -0.3 is 5.11 Å². The third-order valence-electron chi connectivity index (χ3n) is 2.53. The second kappa shape index (κ2) is 6.43. The first kappa shape index (κ1) is 12.9. The van der Waals surface area contributed by atoms with Crippen LogP contribution >= 0.6 is 21.6 Å². The van der Waals surface area contributed by atoms with Gasteiger partial charge in [-0.3, -0.25) is 9.59 Å². The number of Topliss-reactive ketones (excluding diaryl/α,β-unsaturated/α-hetero) is 1. The van der Waals surface area contributed by atoms with Crippen molar-refractivity contribution in [2.45, 2.75) is 37.9 Å². The Morgan fingerprint density at radius 2 is 2.27 bits per heavy atom. The predicted octanol–water partition coefficient (Wildman–Crippen LogP) is 2.60. The second-order valence-electron chi connectivity index (χ2n) is 3.76. The molecule has 0 spiro atoms. The topological polar surface area (TPSA) is 54.4 Å². The van der Waals surface area contributed by atoms with Crippen molar-refractivity contribution in [1.29, 1.82) is 0 Å². The molecule has 1 rings (SSSR count). The van der Waals surface area contributed by atoms with Gasteiger partial charge in [-0.1, -0.05) is 28.0 Å². The molecule has 1 N–H and O–H groups in total. The molecule has 15 heavy (non-hydrogen) atoms. The van der Waals surface area contributed by atoms with Crippen LogP contribution in [0.5, 0.6) is 0 Å². The lowest BCUT2D eigenvalue weighted by Crippen LogP contribution is -2.21. The summed E-state index contributed by atoms with van der Waals surface area (Å²) >= 11 is 0. The third-order valence-corrected chi connectivity index (χ3v) is 5.54. The Morgan fingerprint density at radius 3 is 2.73 bits per heavy atom. The van der Waals surface area contributed by atoms with Gasteiger partial charge >= 0.3 is 5.97 Å². The molecule has 0 aromatic rings. The number of carbonyl (C=O) groups excluding carboxylic acids is 1. The molecular formula is C10H16O3S2. The van der Waals surface area contributed by atoms with Crippen LogP contribution in [0.3, 0.4) is 0 Å². The number of carboxylic acid groups (broad SMARTS) is 1. The van der Waals surface area contributed by atoms with Crippen LogP contribution in [0.1, 0.15) is 32.6 Å². The monoisotopic (exact) mass is 248 g/mol. The van der Waals surface area contributed by atoms with Crippen molar-refractivity contribution in [3.05, 3.63) is 0 Å². The average molecular weight is 248 g/mol. The molecular weight excluding hydrogens is 232 g/mol. The first-order chi connectivity index (χ1) is 7.11. The molecule has 2 unspecified atom stereocenters. The molecule has 3 nitrogen and oxygen atoms in total. The summed E-state index contributed by atoms with van der Waals surface area (Å²) in [5.41, 5.74) is 0. The van der Waals surface area contributed by atoms with Gasteiger partial charge in [0.05, 0.1) is 0 Å². The van der Waals surface area contributed by atoms with Crippen molar-refractivity contribution in [3.63, 3.8) is 0 Å². The minimum Gasteiger partial charge on any atom is -0.481 e. The fourth-order valence-corrected chi connectivity index (χ4v) is 4.64. The zero-order chi connectivity index (χ0) is 11.3. The normalized spacial score (nSPS) is 22.6. The van der Waals surface area contributed by atoms with Gasteiger partial charge in [-0.05, 0) is 26.2 Å². The Kier molecular flexibility index (Phi) is 5.53. The van der Waals surface area contributed by atoms with Gasteiger partial charge in [0.1, 0.15) is 11.7 Å². The molecule has 0 aromatic heterocycles. The maximum absolute atomic E-state index is 11.0. The average Bonchev–Trinajstić information content (AvgIpc) is 2.63. The summed E-state index contributed by atoms with van der Waals surface area (Å²) in [5.74, 6) is -0.791. The molecule has 1 aliphatic heterocycles. The van der Waals surface area contributed by atoms with E-state index in [0.717, 1.165) is 12.8 Å². The lowest BCUT2D eigenvalue weighted by atomic mass is 9.97. The van der Waals surface area contributed by atoms with Gasteiger partial charge in [-0.25, -0.2) is 0 Å². The molecule has 0 amide bonds. The Balaban J connectivity index is 2.21. The summed E-state index contributed by atoms with van der Waals surface area (Å²) in [6.45, 7) is 1.36. The van der Waals surface area contributed by atoms with Gasteiger partial charge in [0.15, 0.2) is 0 Å². The molecule has 1 heterocycles. The largest absolute Gasteiger partial charge is 0.481 e. The van der Waals surface area contributed by atoms with Crippen molar-refractivity contribution in [2.24, 2.45) is 5.92 Å². The molecule has 0 radical (unpaired) electrons. The van der Waals surface area contributed by atoms with Crippen LogP contribution in [0, 0.1) is 5.92 Å². The molecule has 0 saturated carbocycles. The van der Waals surface area contributed by atoms with E-state index in [-0.39, 0.29) is 5.78 Å². The Labute approximate surface area is 97.8 Å². The Hall–Kier alpha value is -0.160. The number of carboxylic acids is 1. The first-order valence-electron chi connectivity index (χ1n) is 5.12. The second-order valence-corrected chi connectivity index (χ2v) is 6.55. The van der Waals surface area contributed by atoms with E-state index < -0.39 is 11.9 Å². The summed E-state index contributed by atoms with van der Waals surface area (Å²) in [4.78, 5) is 21.8. The summed E-state index contributed by atoms with van der Waals surface area (Å²) < 4.78 is 0. The van der Waals surface area contributed by atoms with Crippen molar-refractivity contribution in [1.82, 2.24) is 0 Å². The van der Waals surface area contributed by atoms with Crippen LogP contribution in [-0.2, 0) is 9.59 Å². The number of hydrogen-bond acceptors (Lipinski definition) is 4. The smallest absolute Gasteiger partial charge is 0.314 e. The minimum atomic E-state index is -0.976. The zero-order valence-corrected chi connectivity index (χ0v) is 10.4. The summed E-state index contributed by atoms with van der Waals surface area (Å²) in [5, 5.41) is 9.47. The van der Waals surface area contributed by atoms with Gasteiger partial charge in [0.25, 0.3) is 0 Å². The van der Waals surface area contributed by atoms with Gasteiger partial charge in [-0.2, -0.15) is 0 Å². The quantitative estimate of drug-likeness (QED) is 0.578. The lowest BCUT2D eigenvalue weighted by molar-refractivity contribution is -0.146. The maximum atomic E-state index is 11.0. The summed E-state index contributed by atoms with van der Waals surface area (Å²) in [6.07, 6.45) is 3.59. The Morgan fingerprint density at radius 1 is 1.53 bits per heavy atom. The van der Waals surface area contributed by atoms with Gasteiger partial charge in [0.2, 0.25) is 0 Å². The Bertz CT molecular complexity index is 223. The number of hydrogen-bond donors (Lipinski definition) is 1. The van der Waals surface area contributed by atoms with Crippen LogP contribution in [0.25, 0.3) is 0 Å². The van der Waals surface area contributed by atoms with Crippen molar-refractivity contribution in [3.8, 4) is 0 Å². The number of rotatable bonds is 6. The molecule has 1 aliphatic rings. The van der Waals surface area contributed by atoms with E-state index in [1.54, 1.807) is 0 Å². The molecule has 0 bridgehead atoms. The van der Waals surface area contributed by atoms with Crippen molar-refractivity contribution in [2.75, 3.05) is 5.75 Å². The van der Waals surface area contributed by atoms with E-state index >= 15 is 0 Å². The van der Waals surface area contributed by atoms with Crippen LogP contribution in [0.15, 0.2) is 0 Å². The molecule has 2 atom stereocenters. The van der Waals surface area contributed by atoms with Gasteiger partial charge in [-0.15, -0.1) is 0 Å². The highest BCUT2D eigenvalue weighted by atomic mass is 33.1. The molecule has 86 valence electrons. The summed E-state index contributed by atoms with van der Waals surface area (Å²) in [7, 11) is 3.78. The van der Waals surface area contributed by atoms with Crippen LogP contribution in [0.4, 0.5) is 0 Å². The highest BCUT2D eigenvalue weighted by molar-refractivity contribution is 8.77. The lowest BCUT2D eigenvalue weighted by Gasteiger charge is -2.10. The fourth-order valence-electron chi connectivity index (χ4n) is 1.61. The molecule has 1 fully saturated rings. The third kappa shape index (κ3) is 4.47. The summed E-state index contributed by atoms with van der Waals surface area (Å²) in [6, 6.07) is 0. The SMILES string of the molecule is CC(=O)C(CCCC1CCSS1)C(=O)O. The van der Waals surface area contributed by atoms with Crippen LogP contribution in [-0.4, -0.2) is 27.9 Å². The number of carbonyl (C=O) groups is 2. The molecule has 5 heteroatoms. The predicted molar refractivity (Wildman–Crippen MR) is 64.1 cm³/mol. The zero-order valence-electron chi connectivity index (χ0n) is 8.77. The van der Waals surface area contributed by atoms with E-state index in [1.165, 1.54) is 19.1 Å². The molecule has 1 saturated heterocycles. The van der Waals surface area contributed by atoms with E-state index in [9.17, 15) is 9.59 Å². The van der Waals surface area contributed by atoms with E-state index in [1.807, 2.05) is 21.6 Å². The van der Waals surface area contributed by atoms with E-state index in [0.29, 0.717) is 11.7 Å². The number of ketones is 1. The van der Waals surface area contributed by atoms with E-state index in [4.69, 9.17) is 5.11 Å². The number of aliphatic carboxylic acids is 1. The van der Waals surface area contributed by atoms with Crippen LogP contribution < -0.4 is 0 Å². The fraction of sp³-hybridized carbons (Fsp3) is 0.800. The highest BCUT2D eigenvalue weighted by Gasteiger charge is 2.23. The minimum absolute atomic E-state index is 0.226. The maximum Gasteiger partial charge on any atom is 0.314 e. The van der Waals surface area contributed by atoms with E-state index in [2.05, 4.69) is 0 Å². The van der Waals surface area contributed by atoms with Crippen molar-refractivity contribution >= 4 is 33.3 Å². The standard InChI is InChI=1S/C10H16O3S2/c1-7(11)9(10(12)13)4-2-3-8-5-6-14-15-8/h8-9H,2-6H2,1H3,(H,12,13). The van der Waals surface area contributed by atoms with Crippen LogP contribution in [0.2, 0.25) is 0 Å². The highest BCUT2D eigenvalue weighted by Crippen LogP contribution is 2.40. The van der Waals surface area contributed by atoms with Crippen molar-refractivity contribution < 1.29 is 14.7 Å². The molecule has 0 aromatic carbocycles. The molecule has 0 aliphatic carbocycles. The van der Waals surface area contributed by atoms with Gasteiger partial charge in [0, 0.05) is 11.0 Å².